The first-order chi connectivity index (χ1) is 9.10. The van der Waals surface area contributed by atoms with Crippen molar-refractivity contribution >= 4 is 11.6 Å². The Balaban J connectivity index is 2.05. The molecule has 0 radical (unpaired) electrons. The molecule has 0 aromatic carbocycles. The highest BCUT2D eigenvalue weighted by Gasteiger charge is 2.28. The van der Waals surface area contributed by atoms with E-state index < -0.39 is 0 Å². The van der Waals surface area contributed by atoms with Crippen molar-refractivity contribution < 1.29 is 4.79 Å². The van der Waals surface area contributed by atoms with Crippen LogP contribution in [-0.2, 0) is 11.3 Å². The van der Waals surface area contributed by atoms with Gasteiger partial charge in [-0.25, -0.2) is 0 Å². The van der Waals surface area contributed by atoms with Gasteiger partial charge in [-0.1, -0.05) is 0 Å². The molecule has 5 nitrogen and oxygen atoms in total. The number of primary amides is 1. The number of carbonyl (C=O) groups excluding carboxylic acids is 1. The maximum atomic E-state index is 11.3. The third kappa shape index (κ3) is 3.44. The first kappa shape index (κ1) is 13.8. The average Bonchev–Trinajstić information content (AvgIpc) is 2.41. The van der Waals surface area contributed by atoms with Gasteiger partial charge in [0.05, 0.1) is 11.6 Å². The van der Waals surface area contributed by atoms with Crippen LogP contribution in [0.15, 0.2) is 18.3 Å². The number of nitrogens with one attached hydrogen (secondary N) is 1. The van der Waals surface area contributed by atoms with Crippen LogP contribution in [-0.4, -0.2) is 35.4 Å². The second kappa shape index (κ2) is 6.02. The molecule has 2 unspecified atom stereocenters. The van der Waals surface area contributed by atoms with Crippen LogP contribution in [0, 0.1) is 5.92 Å². The van der Waals surface area contributed by atoms with Gasteiger partial charge in [0.15, 0.2) is 0 Å². The molecular weight excluding hydrogens is 240 g/mol. The molecule has 1 aromatic rings. The van der Waals surface area contributed by atoms with Gasteiger partial charge in [0.2, 0.25) is 5.91 Å². The summed E-state index contributed by atoms with van der Waals surface area (Å²) in [6.45, 7) is 3.70. The Morgan fingerprint density at radius 2 is 2.37 bits per heavy atom. The normalized spacial score (nSPS) is 24.1. The molecule has 2 rings (SSSR count). The standard InChI is InChI=1S/C14H22N4O/c1-10-3-4-11(14(15)19)8-18(10)9-13-7-12(16-2)5-6-17-13/h5-7,10-11H,3-4,8-9H2,1-2H3,(H2,15,19)(H,16,17). The molecule has 1 aliphatic heterocycles. The van der Waals surface area contributed by atoms with Crippen molar-refractivity contribution in [2.45, 2.75) is 32.4 Å². The highest BCUT2D eigenvalue weighted by molar-refractivity contribution is 5.76. The van der Waals surface area contributed by atoms with E-state index in [2.05, 4.69) is 22.1 Å². The molecule has 5 heteroatoms. The number of anilines is 1. The Morgan fingerprint density at radius 3 is 3.05 bits per heavy atom. The summed E-state index contributed by atoms with van der Waals surface area (Å²) < 4.78 is 0. The number of rotatable bonds is 4. The summed E-state index contributed by atoms with van der Waals surface area (Å²) in [6.07, 6.45) is 3.72. The van der Waals surface area contributed by atoms with Crippen LogP contribution < -0.4 is 11.1 Å². The van der Waals surface area contributed by atoms with Crippen LogP contribution in [0.2, 0.25) is 0 Å². The highest BCUT2D eigenvalue weighted by Crippen LogP contribution is 2.23. The van der Waals surface area contributed by atoms with Gasteiger partial charge in [0.1, 0.15) is 0 Å². The number of piperidine rings is 1. The number of aromatic nitrogens is 1. The van der Waals surface area contributed by atoms with Crippen molar-refractivity contribution in [1.29, 1.82) is 0 Å². The van der Waals surface area contributed by atoms with E-state index in [0.717, 1.165) is 37.3 Å². The van der Waals surface area contributed by atoms with E-state index in [4.69, 9.17) is 5.73 Å². The third-order valence-corrected chi connectivity index (χ3v) is 3.88. The lowest BCUT2D eigenvalue weighted by Gasteiger charge is -2.36. The zero-order chi connectivity index (χ0) is 13.8. The van der Waals surface area contributed by atoms with Gasteiger partial charge in [0.25, 0.3) is 0 Å². The van der Waals surface area contributed by atoms with Gasteiger partial charge < -0.3 is 11.1 Å². The fourth-order valence-corrected chi connectivity index (χ4v) is 2.56. The molecule has 19 heavy (non-hydrogen) atoms. The van der Waals surface area contributed by atoms with Gasteiger partial charge in [-0.15, -0.1) is 0 Å². The summed E-state index contributed by atoms with van der Waals surface area (Å²) in [5.41, 5.74) is 7.50. The number of hydrogen-bond acceptors (Lipinski definition) is 4. The van der Waals surface area contributed by atoms with Crippen molar-refractivity contribution in [3.63, 3.8) is 0 Å². The van der Waals surface area contributed by atoms with E-state index in [1.54, 1.807) is 6.20 Å². The Bertz CT molecular complexity index is 449. The van der Waals surface area contributed by atoms with Crippen LogP contribution in [0.5, 0.6) is 0 Å². The van der Waals surface area contributed by atoms with Crippen molar-refractivity contribution in [2.75, 3.05) is 18.9 Å². The van der Waals surface area contributed by atoms with Gasteiger partial charge in [0, 0.05) is 38.1 Å². The lowest BCUT2D eigenvalue weighted by molar-refractivity contribution is -0.124. The Kier molecular flexibility index (Phi) is 4.37. The third-order valence-electron chi connectivity index (χ3n) is 3.88. The summed E-state index contributed by atoms with van der Waals surface area (Å²) >= 11 is 0. The summed E-state index contributed by atoms with van der Waals surface area (Å²) in [5.74, 6) is -0.211. The van der Waals surface area contributed by atoms with E-state index in [0.29, 0.717) is 6.04 Å². The van der Waals surface area contributed by atoms with E-state index in [1.165, 1.54) is 0 Å². The van der Waals surface area contributed by atoms with E-state index in [1.807, 2.05) is 19.2 Å². The molecule has 104 valence electrons. The monoisotopic (exact) mass is 262 g/mol. The Labute approximate surface area is 114 Å². The van der Waals surface area contributed by atoms with Crippen LogP contribution in [0.1, 0.15) is 25.5 Å². The minimum Gasteiger partial charge on any atom is -0.388 e. The van der Waals surface area contributed by atoms with Gasteiger partial charge >= 0.3 is 0 Å². The Hall–Kier alpha value is -1.62. The number of hydrogen-bond donors (Lipinski definition) is 2. The van der Waals surface area contributed by atoms with E-state index in [-0.39, 0.29) is 11.8 Å². The fourth-order valence-electron chi connectivity index (χ4n) is 2.56. The summed E-state index contributed by atoms with van der Waals surface area (Å²) in [6, 6.07) is 4.45. The fraction of sp³-hybridized carbons (Fsp3) is 0.571. The molecule has 0 bridgehead atoms. The quantitative estimate of drug-likeness (QED) is 0.855. The summed E-state index contributed by atoms with van der Waals surface area (Å²) in [4.78, 5) is 18.0. The van der Waals surface area contributed by atoms with Crippen LogP contribution in [0.4, 0.5) is 5.69 Å². The summed E-state index contributed by atoms with van der Waals surface area (Å²) in [7, 11) is 1.89. The average molecular weight is 262 g/mol. The molecule has 2 atom stereocenters. The van der Waals surface area contributed by atoms with Crippen LogP contribution in [0.3, 0.4) is 0 Å². The van der Waals surface area contributed by atoms with E-state index in [9.17, 15) is 4.79 Å². The summed E-state index contributed by atoms with van der Waals surface area (Å²) in [5, 5.41) is 3.11. The predicted molar refractivity (Wildman–Crippen MR) is 75.6 cm³/mol. The Morgan fingerprint density at radius 1 is 1.58 bits per heavy atom. The number of nitrogens with two attached hydrogens (primary N) is 1. The minimum atomic E-state index is -0.186. The van der Waals surface area contributed by atoms with Crippen LogP contribution in [0.25, 0.3) is 0 Å². The van der Waals surface area contributed by atoms with Gasteiger partial charge in [-0.2, -0.15) is 0 Å². The molecule has 1 amide bonds. The molecule has 0 saturated carbocycles. The second-order valence-electron chi connectivity index (χ2n) is 5.24. The number of pyridine rings is 1. The SMILES string of the molecule is CNc1ccnc(CN2CC(C(N)=O)CCC2C)c1. The number of nitrogens with zero attached hydrogens (tertiary/aromatic N) is 2. The van der Waals surface area contributed by atoms with E-state index >= 15 is 0 Å². The zero-order valence-electron chi connectivity index (χ0n) is 11.6. The van der Waals surface area contributed by atoms with Crippen molar-refractivity contribution in [3.8, 4) is 0 Å². The van der Waals surface area contributed by atoms with Crippen molar-refractivity contribution in [2.24, 2.45) is 11.7 Å². The van der Waals surface area contributed by atoms with Crippen LogP contribution >= 0.6 is 0 Å². The molecule has 1 aromatic heterocycles. The molecule has 0 aliphatic carbocycles. The van der Waals surface area contributed by atoms with Crippen molar-refractivity contribution in [3.05, 3.63) is 24.0 Å². The molecule has 1 saturated heterocycles. The first-order valence-corrected chi connectivity index (χ1v) is 6.76. The largest absolute Gasteiger partial charge is 0.388 e. The second-order valence-corrected chi connectivity index (χ2v) is 5.24. The molecular formula is C14H22N4O. The molecule has 1 aliphatic rings. The topological polar surface area (TPSA) is 71.2 Å². The zero-order valence-corrected chi connectivity index (χ0v) is 11.6. The molecule has 2 heterocycles. The lowest BCUT2D eigenvalue weighted by Crippen LogP contribution is -2.45. The highest BCUT2D eigenvalue weighted by atomic mass is 16.1. The number of carbonyl (C=O) groups is 1. The first-order valence-electron chi connectivity index (χ1n) is 6.76. The molecule has 1 fully saturated rings. The predicted octanol–water partition coefficient (Wildman–Crippen LogP) is 1.21. The lowest BCUT2D eigenvalue weighted by atomic mass is 9.93. The molecule has 3 N–H and O–H groups in total. The number of amides is 1. The van der Waals surface area contributed by atoms with Crippen molar-refractivity contribution in [1.82, 2.24) is 9.88 Å². The minimum absolute atomic E-state index is 0.0244. The molecule has 0 spiro atoms. The van der Waals surface area contributed by atoms with Gasteiger partial charge in [-0.05, 0) is 31.9 Å². The maximum Gasteiger partial charge on any atom is 0.221 e. The van der Waals surface area contributed by atoms with Gasteiger partial charge in [-0.3, -0.25) is 14.7 Å². The number of likely N-dealkylation sites (tertiary alicyclic amines) is 1. The smallest absolute Gasteiger partial charge is 0.221 e. The maximum absolute atomic E-state index is 11.3.